The van der Waals surface area contributed by atoms with E-state index >= 15 is 0 Å². The van der Waals surface area contributed by atoms with Crippen molar-refractivity contribution in [2.45, 2.75) is 27.7 Å². The number of carbonyl (C=O) groups is 1. The summed E-state index contributed by atoms with van der Waals surface area (Å²) in [6.07, 6.45) is 0. The third kappa shape index (κ3) is 2.16. The predicted octanol–water partition coefficient (Wildman–Crippen LogP) is 3.78. The number of hydrogen-bond acceptors (Lipinski definition) is 2. The van der Waals surface area contributed by atoms with E-state index < -0.39 is 5.97 Å². The summed E-state index contributed by atoms with van der Waals surface area (Å²) in [5, 5.41) is 13.7. The Hall–Kier alpha value is -1.62. The SMILES string of the molecule is Cc1cc(C)c(C)c(-c2nn(C)c(C(=O)O)c2Br)c1C. The Morgan fingerprint density at radius 2 is 1.70 bits per heavy atom. The normalized spacial score (nSPS) is 10.9. The first-order valence-corrected chi connectivity index (χ1v) is 7.08. The molecule has 0 saturated carbocycles. The number of rotatable bonds is 2. The number of hydrogen-bond donors (Lipinski definition) is 1. The van der Waals surface area contributed by atoms with Gasteiger partial charge in [-0.15, -0.1) is 0 Å². The molecule has 0 amide bonds. The smallest absolute Gasteiger partial charge is 0.355 e. The summed E-state index contributed by atoms with van der Waals surface area (Å²) in [4.78, 5) is 11.3. The van der Waals surface area contributed by atoms with Gasteiger partial charge in [-0.1, -0.05) is 6.07 Å². The average Bonchev–Trinajstić information content (AvgIpc) is 2.63. The predicted molar refractivity (Wildman–Crippen MR) is 82.3 cm³/mol. The van der Waals surface area contributed by atoms with Crippen LogP contribution < -0.4 is 0 Å². The molecule has 0 radical (unpaired) electrons. The Balaban J connectivity index is 2.83. The molecule has 20 heavy (non-hydrogen) atoms. The zero-order valence-electron chi connectivity index (χ0n) is 12.2. The highest BCUT2D eigenvalue weighted by Gasteiger charge is 2.23. The summed E-state index contributed by atoms with van der Waals surface area (Å²) in [6, 6.07) is 2.14. The van der Waals surface area contributed by atoms with Gasteiger partial charge in [0.1, 0.15) is 5.69 Å². The summed E-state index contributed by atoms with van der Waals surface area (Å²) in [5.74, 6) is -0.988. The van der Waals surface area contributed by atoms with Gasteiger partial charge in [-0.3, -0.25) is 4.68 Å². The molecule has 1 aromatic carbocycles. The Kier molecular flexibility index (Phi) is 3.73. The first kappa shape index (κ1) is 14.8. The monoisotopic (exact) mass is 336 g/mol. The number of benzene rings is 1. The van der Waals surface area contributed by atoms with Gasteiger partial charge in [-0.2, -0.15) is 5.10 Å². The molecule has 0 aliphatic heterocycles. The third-order valence-corrected chi connectivity index (χ3v) is 4.55. The van der Waals surface area contributed by atoms with Crippen molar-refractivity contribution in [2.24, 2.45) is 7.05 Å². The zero-order valence-corrected chi connectivity index (χ0v) is 13.8. The van der Waals surface area contributed by atoms with Crippen LogP contribution in [0.1, 0.15) is 32.7 Å². The van der Waals surface area contributed by atoms with E-state index in [1.165, 1.54) is 15.8 Å². The molecule has 1 heterocycles. The average molecular weight is 337 g/mol. The molecule has 0 aliphatic rings. The highest BCUT2D eigenvalue weighted by molar-refractivity contribution is 9.10. The maximum absolute atomic E-state index is 11.3. The fourth-order valence-corrected chi connectivity index (χ4v) is 3.17. The van der Waals surface area contributed by atoms with Crippen molar-refractivity contribution >= 4 is 21.9 Å². The zero-order chi connectivity index (χ0) is 15.2. The lowest BCUT2D eigenvalue weighted by Crippen LogP contribution is -2.05. The third-order valence-electron chi connectivity index (χ3n) is 3.79. The first-order valence-electron chi connectivity index (χ1n) is 6.29. The summed E-state index contributed by atoms with van der Waals surface area (Å²) in [6.45, 7) is 8.19. The standard InChI is InChI=1S/C15H17BrN2O2/c1-7-6-8(2)10(4)11(9(7)3)13-12(16)14(15(19)20)18(5)17-13/h6H,1-5H3,(H,19,20). The maximum atomic E-state index is 11.3. The van der Waals surface area contributed by atoms with Crippen LogP contribution in [0.5, 0.6) is 0 Å². The van der Waals surface area contributed by atoms with Gasteiger partial charge in [0.15, 0.2) is 5.69 Å². The van der Waals surface area contributed by atoms with Gasteiger partial charge < -0.3 is 5.11 Å². The van der Waals surface area contributed by atoms with E-state index in [0.29, 0.717) is 10.2 Å². The van der Waals surface area contributed by atoms with Crippen molar-refractivity contribution in [1.29, 1.82) is 0 Å². The van der Waals surface area contributed by atoms with Crippen molar-refractivity contribution in [3.8, 4) is 11.3 Å². The van der Waals surface area contributed by atoms with Crippen LogP contribution in [0, 0.1) is 27.7 Å². The van der Waals surface area contributed by atoms with Crippen LogP contribution in [0.4, 0.5) is 0 Å². The number of halogens is 1. The van der Waals surface area contributed by atoms with E-state index in [0.717, 1.165) is 16.7 Å². The van der Waals surface area contributed by atoms with Gasteiger partial charge in [0.05, 0.1) is 4.47 Å². The molecule has 0 bridgehead atoms. The van der Waals surface area contributed by atoms with Crippen molar-refractivity contribution in [2.75, 3.05) is 0 Å². The van der Waals surface area contributed by atoms with Gasteiger partial charge >= 0.3 is 5.97 Å². The Morgan fingerprint density at radius 3 is 2.10 bits per heavy atom. The highest BCUT2D eigenvalue weighted by atomic mass is 79.9. The second kappa shape index (κ2) is 5.05. The maximum Gasteiger partial charge on any atom is 0.355 e. The van der Waals surface area contributed by atoms with E-state index in [9.17, 15) is 9.90 Å². The van der Waals surface area contributed by atoms with Crippen LogP contribution in [-0.4, -0.2) is 20.9 Å². The summed E-state index contributed by atoms with van der Waals surface area (Å²) >= 11 is 3.39. The molecule has 106 valence electrons. The fourth-order valence-electron chi connectivity index (χ4n) is 2.46. The van der Waals surface area contributed by atoms with Crippen molar-refractivity contribution < 1.29 is 9.90 Å². The van der Waals surface area contributed by atoms with Crippen molar-refractivity contribution in [3.05, 3.63) is 38.5 Å². The van der Waals surface area contributed by atoms with Crippen molar-refractivity contribution in [1.82, 2.24) is 9.78 Å². The molecular formula is C15H17BrN2O2. The second-order valence-corrected chi connectivity index (χ2v) is 5.87. The molecular weight excluding hydrogens is 320 g/mol. The second-order valence-electron chi connectivity index (χ2n) is 5.08. The number of aryl methyl sites for hydroxylation is 3. The molecule has 2 rings (SSSR count). The molecule has 4 nitrogen and oxygen atoms in total. The van der Waals surface area contributed by atoms with Crippen molar-refractivity contribution in [3.63, 3.8) is 0 Å². The molecule has 2 aromatic rings. The number of carboxylic acid groups (broad SMARTS) is 1. The lowest BCUT2D eigenvalue weighted by molar-refractivity contribution is 0.0684. The molecule has 1 aromatic heterocycles. The Morgan fingerprint density at radius 1 is 1.20 bits per heavy atom. The topological polar surface area (TPSA) is 55.1 Å². The van der Waals surface area contributed by atoms with Gasteiger partial charge in [-0.25, -0.2) is 4.79 Å². The molecule has 0 spiro atoms. The summed E-state index contributed by atoms with van der Waals surface area (Å²) in [7, 11) is 1.64. The highest BCUT2D eigenvalue weighted by Crippen LogP contribution is 2.36. The van der Waals surface area contributed by atoms with E-state index in [-0.39, 0.29) is 5.69 Å². The van der Waals surface area contributed by atoms with Gasteiger partial charge in [0.2, 0.25) is 0 Å². The first-order chi connectivity index (χ1) is 9.25. The minimum atomic E-state index is -0.988. The van der Waals surface area contributed by atoms with Crippen LogP contribution in [0.15, 0.2) is 10.5 Å². The molecule has 0 aliphatic carbocycles. The quantitative estimate of drug-likeness (QED) is 0.907. The molecule has 0 unspecified atom stereocenters. The number of aromatic nitrogens is 2. The van der Waals surface area contributed by atoms with E-state index in [4.69, 9.17) is 0 Å². The minimum absolute atomic E-state index is 0.165. The fraction of sp³-hybridized carbons (Fsp3) is 0.333. The number of carboxylic acids is 1. The molecule has 5 heteroatoms. The van der Waals surface area contributed by atoms with Crippen LogP contribution in [0.2, 0.25) is 0 Å². The van der Waals surface area contributed by atoms with E-state index in [1.807, 2.05) is 13.8 Å². The Bertz CT molecular complexity index is 691. The summed E-state index contributed by atoms with van der Waals surface area (Å²) < 4.78 is 1.93. The lowest BCUT2D eigenvalue weighted by atomic mass is 9.92. The Labute approximate surface area is 126 Å². The van der Waals surface area contributed by atoms with Crippen LogP contribution in [0.3, 0.4) is 0 Å². The van der Waals surface area contributed by atoms with E-state index in [2.05, 4.69) is 40.9 Å². The van der Waals surface area contributed by atoms with Crippen LogP contribution >= 0.6 is 15.9 Å². The van der Waals surface area contributed by atoms with Gasteiger partial charge in [-0.05, 0) is 65.9 Å². The number of nitrogens with zero attached hydrogens (tertiary/aromatic N) is 2. The van der Waals surface area contributed by atoms with Gasteiger partial charge in [0.25, 0.3) is 0 Å². The summed E-state index contributed by atoms with van der Waals surface area (Å²) in [5.41, 5.74) is 6.48. The van der Waals surface area contributed by atoms with Gasteiger partial charge in [0, 0.05) is 12.6 Å². The molecule has 1 N–H and O–H groups in total. The minimum Gasteiger partial charge on any atom is -0.476 e. The molecule has 0 saturated heterocycles. The van der Waals surface area contributed by atoms with Crippen LogP contribution in [-0.2, 0) is 7.05 Å². The lowest BCUT2D eigenvalue weighted by Gasteiger charge is -2.13. The van der Waals surface area contributed by atoms with Crippen LogP contribution in [0.25, 0.3) is 11.3 Å². The largest absolute Gasteiger partial charge is 0.476 e. The van der Waals surface area contributed by atoms with E-state index in [1.54, 1.807) is 7.05 Å². The number of aromatic carboxylic acids is 1. The molecule has 0 fully saturated rings. The molecule has 0 atom stereocenters.